The number of para-hydroxylation sites is 1. The maximum absolute atomic E-state index is 12.9. The Labute approximate surface area is 182 Å². The predicted octanol–water partition coefficient (Wildman–Crippen LogP) is 1.87. The van der Waals surface area contributed by atoms with E-state index in [0.717, 1.165) is 21.7 Å². The van der Waals surface area contributed by atoms with E-state index in [0.29, 0.717) is 37.6 Å². The molecule has 1 aliphatic rings. The Hall–Kier alpha value is -2.75. The average Bonchev–Trinajstić information content (AvgIpc) is 2.74. The molecule has 1 aliphatic heterocycles. The number of morpholine rings is 1. The molecule has 0 spiro atoms. The zero-order valence-corrected chi connectivity index (χ0v) is 18.5. The van der Waals surface area contributed by atoms with E-state index in [-0.39, 0.29) is 19.0 Å². The zero-order chi connectivity index (χ0) is 22.4. The highest BCUT2D eigenvalue weighted by atomic mass is 32.2. The van der Waals surface area contributed by atoms with Gasteiger partial charge in [-0.1, -0.05) is 42.0 Å². The highest BCUT2D eigenvalue weighted by molar-refractivity contribution is 7.88. The highest BCUT2D eigenvalue weighted by Gasteiger charge is 2.24. The van der Waals surface area contributed by atoms with Crippen molar-refractivity contribution in [3.05, 3.63) is 65.2 Å². The van der Waals surface area contributed by atoms with Gasteiger partial charge < -0.3 is 15.0 Å². The third kappa shape index (κ3) is 6.36. The number of ether oxygens (including phenoxy) is 1. The van der Waals surface area contributed by atoms with Gasteiger partial charge >= 0.3 is 0 Å². The lowest BCUT2D eigenvalue weighted by molar-refractivity contribution is -0.116. The fraction of sp³-hybridized carbons (Fsp3) is 0.364. The van der Waals surface area contributed by atoms with E-state index in [2.05, 4.69) is 5.32 Å². The fourth-order valence-electron chi connectivity index (χ4n) is 3.25. The number of anilines is 1. The lowest BCUT2D eigenvalue weighted by atomic mass is 10.1. The van der Waals surface area contributed by atoms with Crippen LogP contribution in [-0.4, -0.2) is 68.5 Å². The van der Waals surface area contributed by atoms with Gasteiger partial charge in [0.25, 0.3) is 5.91 Å². The molecule has 1 fully saturated rings. The van der Waals surface area contributed by atoms with E-state index in [4.69, 9.17) is 4.74 Å². The maximum Gasteiger partial charge on any atom is 0.256 e. The number of benzene rings is 2. The van der Waals surface area contributed by atoms with E-state index in [9.17, 15) is 18.0 Å². The monoisotopic (exact) mass is 445 g/mol. The van der Waals surface area contributed by atoms with Gasteiger partial charge in [-0.25, -0.2) is 8.42 Å². The summed E-state index contributed by atoms with van der Waals surface area (Å²) >= 11 is 0. The lowest BCUT2D eigenvalue weighted by Gasteiger charge is -2.27. The Kier molecular flexibility index (Phi) is 7.42. The number of carbonyl (C=O) groups is 2. The molecule has 2 aromatic carbocycles. The molecule has 3 rings (SSSR count). The van der Waals surface area contributed by atoms with Crippen molar-refractivity contribution in [3.8, 4) is 0 Å². The summed E-state index contributed by atoms with van der Waals surface area (Å²) in [6, 6.07) is 14.2. The summed E-state index contributed by atoms with van der Waals surface area (Å²) in [6.07, 6.45) is 1.07. The van der Waals surface area contributed by atoms with Crippen LogP contribution < -0.4 is 5.32 Å². The van der Waals surface area contributed by atoms with Crippen molar-refractivity contribution < 1.29 is 22.7 Å². The van der Waals surface area contributed by atoms with Crippen molar-refractivity contribution in [2.45, 2.75) is 13.5 Å². The Morgan fingerprint density at radius 3 is 2.35 bits per heavy atom. The van der Waals surface area contributed by atoms with Crippen LogP contribution in [0, 0.1) is 6.92 Å². The van der Waals surface area contributed by atoms with Gasteiger partial charge in [0.2, 0.25) is 15.9 Å². The second-order valence-corrected chi connectivity index (χ2v) is 9.50. The predicted molar refractivity (Wildman–Crippen MR) is 118 cm³/mol. The van der Waals surface area contributed by atoms with Gasteiger partial charge in [0, 0.05) is 19.6 Å². The van der Waals surface area contributed by atoms with Gasteiger partial charge in [-0.2, -0.15) is 4.31 Å². The van der Waals surface area contributed by atoms with Crippen LogP contribution in [0.2, 0.25) is 0 Å². The molecule has 0 unspecified atom stereocenters. The minimum Gasteiger partial charge on any atom is -0.378 e. The molecule has 0 atom stereocenters. The van der Waals surface area contributed by atoms with E-state index >= 15 is 0 Å². The number of sulfonamides is 1. The van der Waals surface area contributed by atoms with Crippen LogP contribution in [-0.2, 0) is 26.1 Å². The molecule has 1 saturated heterocycles. The van der Waals surface area contributed by atoms with Gasteiger partial charge in [-0.05, 0) is 24.6 Å². The van der Waals surface area contributed by atoms with Crippen LogP contribution >= 0.6 is 0 Å². The lowest BCUT2D eigenvalue weighted by Crippen LogP contribution is -2.41. The fourth-order valence-corrected chi connectivity index (χ4v) is 3.99. The number of nitrogens with zero attached hydrogens (tertiary/aromatic N) is 2. The van der Waals surface area contributed by atoms with Crippen LogP contribution in [0.5, 0.6) is 0 Å². The first-order valence-corrected chi connectivity index (χ1v) is 11.9. The summed E-state index contributed by atoms with van der Waals surface area (Å²) in [5.41, 5.74) is 2.57. The molecule has 8 nitrogen and oxygen atoms in total. The molecule has 0 saturated carbocycles. The minimum atomic E-state index is -3.62. The van der Waals surface area contributed by atoms with E-state index < -0.39 is 15.9 Å². The molecular formula is C22H27N3O5S. The molecular weight excluding hydrogens is 418 g/mol. The summed E-state index contributed by atoms with van der Waals surface area (Å²) < 4.78 is 30.9. The Bertz CT molecular complexity index is 1030. The normalized spacial score (nSPS) is 14.5. The topological polar surface area (TPSA) is 96.0 Å². The first-order valence-electron chi connectivity index (χ1n) is 10.0. The summed E-state index contributed by atoms with van der Waals surface area (Å²) in [5.74, 6) is -0.710. The van der Waals surface area contributed by atoms with Gasteiger partial charge in [-0.3, -0.25) is 9.59 Å². The molecule has 1 N–H and O–H groups in total. The van der Waals surface area contributed by atoms with Crippen LogP contribution in [0.15, 0.2) is 48.5 Å². The number of hydrogen-bond acceptors (Lipinski definition) is 5. The standard InChI is InChI=1S/C22H27N3O5S/c1-17-7-9-18(10-8-17)15-25(31(2,28)29)16-21(26)23-20-6-4-3-5-19(20)22(27)24-11-13-30-14-12-24/h3-10H,11-16H2,1-2H3,(H,23,26). The van der Waals surface area contributed by atoms with Gasteiger partial charge in [0.05, 0.1) is 37.3 Å². The molecule has 2 aromatic rings. The number of aryl methyl sites for hydroxylation is 1. The van der Waals surface area contributed by atoms with Gasteiger partial charge in [0.15, 0.2) is 0 Å². The zero-order valence-electron chi connectivity index (χ0n) is 17.7. The number of amides is 2. The van der Waals surface area contributed by atoms with Crippen LogP contribution in [0.1, 0.15) is 21.5 Å². The molecule has 1 heterocycles. The molecule has 0 aromatic heterocycles. The van der Waals surface area contributed by atoms with E-state index in [1.54, 1.807) is 29.2 Å². The van der Waals surface area contributed by atoms with E-state index in [1.807, 2.05) is 31.2 Å². The number of nitrogens with one attached hydrogen (secondary N) is 1. The van der Waals surface area contributed by atoms with Crippen molar-refractivity contribution >= 4 is 27.5 Å². The Balaban J connectivity index is 1.72. The summed E-state index contributed by atoms with van der Waals surface area (Å²) in [6.45, 7) is 3.60. The SMILES string of the molecule is Cc1ccc(CN(CC(=O)Nc2ccccc2C(=O)N2CCOCC2)S(C)(=O)=O)cc1. The third-order valence-electron chi connectivity index (χ3n) is 5.00. The third-order valence-corrected chi connectivity index (χ3v) is 6.19. The first kappa shape index (κ1) is 22.9. The van der Waals surface area contributed by atoms with Crippen molar-refractivity contribution in [3.63, 3.8) is 0 Å². The van der Waals surface area contributed by atoms with Crippen LogP contribution in [0.4, 0.5) is 5.69 Å². The minimum absolute atomic E-state index is 0.0842. The van der Waals surface area contributed by atoms with Crippen LogP contribution in [0.25, 0.3) is 0 Å². The van der Waals surface area contributed by atoms with Crippen molar-refractivity contribution in [1.82, 2.24) is 9.21 Å². The molecule has 2 amide bonds. The second-order valence-electron chi connectivity index (χ2n) is 7.51. The molecule has 9 heteroatoms. The molecule has 166 valence electrons. The number of hydrogen-bond donors (Lipinski definition) is 1. The number of carbonyl (C=O) groups excluding carboxylic acids is 2. The van der Waals surface area contributed by atoms with Crippen molar-refractivity contribution in [2.75, 3.05) is 44.4 Å². The second kappa shape index (κ2) is 10.0. The maximum atomic E-state index is 12.9. The van der Waals surface area contributed by atoms with Gasteiger partial charge in [0.1, 0.15) is 0 Å². The molecule has 0 radical (unpaired) electrons. The Morgan fingerprint density at radius 1 is 1.06 bits per heavy atom. The largest absolute Gasteiger partial charge is 0.378 e. The van der Waals surface area contributed by atoms with Gasteiger partial charge in [-0.15, -0.1) is 0 Å². The molecule has 0 aliphatic carbocycles. The summed E-state index contributed by atoms with van der Waals surface area (Å²) in [4.78, 5) is 27.2. The average molecular weight is 446 g/mol. The van der Waals surface area contributed by atoms with E-state index in [1.165, 1.54) is 0 Å². The highest BCUT2D eigenvalue weighted by Crippen LogP contribution is 2.19. The van der Waals surface area contributed by atoms with Crippen molar-refractivity contribution in [1.29, 1.82) is 0 Å². The smallest absolute Gasteiger partial charge is 0.256 e. The first-order chi connectivity index (χ1) is 14.7. The van der Waals surface area contributed by atoms with Crippen molar-refractivity contribution in [2.24, 2.45) is 0 Å². The number of rotatable bonds is 7. The summed E-state index contributed by atoms with van der Waals surface area (Å²) in [5, 5.41) is 2.70. The van der Waals surface area contributed by atoms with Crippen LogP contribution in [0.3, 0.4) is 0 Å². The quantitative estimate of drug-likeness (QED) is 0.702. The summed E-state index contributed by atoms with van der Waals surface area (Å²) in [7, 11) is -3.62. The Morgan fingerprint density at radius 2 is 1.71 bits per heavy atom. The molecule has 31 heavy (non-hydrogen) atoms. The molecule has 0 bridgehead atoms.